The van der Waals surface area contributed by atoms with Crippen molar-refractivity contribution in [3.8, 4) is 11.1 Å². The Morgan fingerprint density at radius 3 is 2.52 bits per heavy atom. The summed E-state index contributed by atoms with van der Waals surface area (Å²) in [7, 11) is 0. The number of esters is 1. The number of carbonyl (C=O) groups is 1. The Hall–Kier alpha value is -1.93. The van der Waals surface area contributed by atoms with Crippen molar-refractivity contribution in [1.82, 2.24) is 0 Å². The zero-order valence-corrected chi connectivity index (χ0v) is 19.0. The van der Waals surface area contributed by atoms with Crippen molar-refractivity contribution >= 4 is 17.7 Å². The molecule has 0 aromatic heterocycles. The Bertz CT molecular complexity index is 887. The molecule has 7 heteroatoms. The quantitative estimate of drug-likeness (QED) is 0.360. The van der Waals surface area contributed by atoms with Crippen molar-refractivity contribution in [2.45, 2.75) is 45.8 Å². The fraction of sp³-hybridized carbons (Fsp3) is 0.458. The number of aliphatic hydroxyl groups is 3. The van der Waals surface area contributed by atoms with Crippen LogP contribution < -0.4 is 0 Å². The topological polar surface area (TPSA) is 87.0 Å². The Kier molecular flexibility index (Phi) is 9.96. The van der Waals surface area contributed by atoms with Gasteiger partial charge in [0.25, 0.3) is 0 Å². The lowest BCUT2D eigenvalue weighted by atomic mass is 9.91. The van der Waals surface area contributed by atoms with Crippen LogP contribution >= 0.6 is 11.8 Å². The summed E-state index contributed by atoms with van der Waals surface area (Å²) in [4.78, 5) is 11.6. The van der Waals surface area contributed by atoms with Crippen LogP contribution in [0.1, 0.15) is 28.7 Å². The molecule has 0 amide bonds. The van der Waals surface area contributed by atoms with E-state index in [0.717, 1.165) is 28.9 Å². The molecule has 0 saturated carbocycles. The average molecular weight is 451 g/mol. The highest BCUT2D eigenvalue weighted by Crippen LogP contribution is 2.30. The zero-order chi connectivity index (χ0) is 23.0. The normalized spacial score (nSPS) is 13.1. The first-order valence-electron chi connectivity index (χ1n) is 10.3. The van der Waals surface area contributed by atoms with Gasteiger partial charge in [0.1, 0.15) is 18.5 Å². The number of aliphatic hydroxyl groups excluding tert-OH is 3. The molecule has 0 aliphatic rings. The van der Waals surface area contributed by atoms with Crippen molar-refractivity contribution in [3.05, 3.63) is 58.4 Å². The van der Waals surface area contributed by atoms with Crippen LogP contribution in [-0.4, -0.2) is 58.2 Å². The van der Waals surface area contributed by atoms with E-state index >= 15 is 0 Å². The van der Waals surface area contributed by atoms with Crippen LogP contribution in [0.2, 0.25) is 0 Å². The van der Waals surface area contributed by atoms with Crippen LogP contribution in [0.4, 0.5) is 4.39 Å². The van der Waals surface area contributed by atoms with E-state index in [1.165, 1.54) is 17.2 Å². The minimum atomic E-state index is -1.10. The maximum atomic E-state index is 13.7. The predicted octanol–water partition coefficient (Wildman–Crippen LogP) is 3.34. The second-order valence-corrected chi connectivity index (χ2v) is 8.92. The molecule has 2 aromatic rings. The number of benzene rings is 2. The van der Waals surface area contributed by atoms with E-state index in [0.29, 0.717) is 11.3 Å². The lowest BCUT2D eigenvalue weighted by Gasteiger charge is -2.16. The number of rotatable bonds is 11. The predicted molar refractivity (Wildman–Crippen MR) is 122 cm³/mol. The highest BCUT2D eigenvalue weighted by Gasteiger charge is 2.15. The maximum Gasteiger partial charge on any atom is 0.308 e. The van der Waals surface area contributed by atoms with Gasteiger partial charge < -0.3 is 20.1 Å². The monoisotopic (exact) mass is 450 g/mol. The van der Waals surface area contributed by atoms with Gasteiger partial charge in [-0.15, -0.1) is 0 Å². The molecule has 2 rings (SSSR count). The summed E-state index contributed by atoms with van der Waals surface area (Å²) < 4.78 is 18.5. The van der Waals surface area contributed by atoms with Gasteiger partial charge in [0.2, 0.25) is 0 Å². The minimum Gasteiger partial charge on any atom is -0.463 e. The molecule has 2 aromatic carbocycles. The number of carbonyl (C=O) groups excluding carboxylic acids is 1. The fourth-order valence-electron chi connectivity index (χ4n) is 3.34. The summed E-state index contributed by atoms with van der Waals surface area (Å²) >= 11 is 1.54. The molecule has 0 aliphatic carbocycles. The van der Waals surface area contributed by atoms with E-state index in [2.05, 4.69) is 19.1 Å². The molecule has 0 aliphatic heterocycles. The number of hydrogen-bond donors (Lipinski definition) is 3. The Labute approximate surface area is 187 Å². The van der Waals surface area contributed by atoms with Gasteiger partial charge in [-0.3, -0.25) is 4.79 Å². The largest absolute Gasteiger partial charge is 0.463 e. The molecule has 5 nitrogen and oxygen atoms in total. The smallest absolute Gasteiger partial charge is 0.308 e. The van der Waals surface area contributed by atoms with Gasteiger partial charge in [-0.2, -0.15) is 11.8 Å². The van der Waals surface area contributed by atoms with E-state index in [9.17, 15) is 19.4 Å². The zero-order valence-electron chi connectivity index (χ0n) is 18.2. The summed E-state index contributed by atoms with van der Waals surface area (Å²) in [5, 5.41) is 27.9. The Morgan fingerprint density at radius 2 is 1.84 bits per heavy atom. The van der Waals surface area contributed by atoms with Crippen molar-refractivity contribution < 1.29 is 29.2 Å². The van der Waals surface area contributed by atoms with Gasteiger partial charge in [-0.05, 0) is 72.9 Å². The number of thioether (sulfide) groups is 1. The van der Waals surface area contributed by atoms with Gasteiger partial charge in [0.15, 0.2) is 0 Å². The third-order valence-corrected chi connectivity index (χ3v) is 6.06. The van der Waals surface area contributed by atoms with Gasteiger partial charge >= 0.3 is 5.97 Å². The second-order valence-electron chi connectivity index (χ2n) is 7.77. The molecule has 0 radical (unpaired) electrons. The van der Waals surface area contributed by atoms with Crippen molar-refractivity contribution in [2.75, 3.05) is 24.7 Å². The van der Waals surface area contributed by atoms with Crippen LogP contribution in [-0.2, 0) is 16.0 Å². The second kappa shape index (κ2) is 12.2. The Balaban J connectivity index is 1.93. The summed E-state index contributed by atoms with van der Waals surface area (Å²) in [5.74, 6) is 0.313. The highest BCUT2D eigenvalue weighted by molar-refractivity contribution is 7.99. The summed E-state index contributed by atoms with van der Waals surface area (Å²) in [5.41, 5.74) is 6.19. The molecule has 31 heavy (non-hydrogen) atoms. The Morgan fingerprint density at radius 1 is 1.10 bits per heavy atom. The number of aryl methyl sites for hydroxylation is 3. The van der Waals surface area contributed by atoms with E-state index < -0.39 is 24.8 Å². The molecule has 0 heterocycles. The van der Waals surface area contributed by atoms with Crippen LogP contribution in [0.5, 0.6) is 0 Å². The summed E-state index contributed by atoms with van der Waals surface area (Å²) in [6.45, 7) is 5.10. The molecule has 170 valence electrons. The van der Waals surface area contributed by atoms with Gasteiger partial charge in [-0.25, -0.2) is 4.39 Å². The van der Waals surface area contributed by atoms with Crippen molar-refractivity contribution in [2.24, 2.45) is 0 Å². The maximum absolute atomic E-state index is 13.7. The van der Waals surface area contributed by atoms with E-state index in [1.54, 1.807) is 24.8 Å². The van der Waals surface area contributed by atoms with E-state index in [1.807, 2.05) is 13.0 Å². The van der Waals surface area contributed by atoms with Gasteiger partial charge in [0, 0.05) is 5.75 Å². The minimum absolute atomic E-state index is 0.158. The van der Waals surface area contributed by atoms with Crippen molar-refractivity contribution in [3.63, 3.8) is 0 Å². The number of hydrogen-bond acceptors (Lipinski definition) is 6. The van der Waals surface area contributed by atoms with E-state index in [-0.39, 0.29) is 18.8 Å². The fourth-order valence-corrected chi connectivity index (χ4v) is 4.25. The van der Waals surface area contributed by atoms with Gasteiger partial charge in [0.05, 0.1) is 19.1 Å². The lowest BCUT2D eigenvalue weighted by molar-refractivity contribution is -0.149. The van der Waals surface area contributed by atoms with Crippen LogP contribution in [0, 0.1) is 26.6 Å². The molecule has 2 atom stereocenters. The SMILES string of the molecule is Cc1cc(C)c(CCSCC(O)CC(=O)OCC(O)CO)c(-c2ccc(F)c(C)c2)c1. The van der Waals surface area contributed by atoms with Gasteiger partial charge in [-0.1, -0.05) is 23.8 Å². The summed E-state index contributed by atoms with van der Waals surface area (Å²) in [6.07, 6.45) is -1.33. The average Bonchev–Trinajstić information content (AvgIpc) is 2.72. The number of halogens is 1. The molecule has 3 N–H and O–H groups in total. The van der Waals surface area contributed by atoms with Crippen LogP contribution in [0.15, 0.2) is 30.3 Å². The van der Waals surface area contributed by atoms with Crippen LogP contribution in [0.25, 0.3) is 11.1 Å². The first-order chi connectivity index (χ1) is 14.7. The molecule has 0 fully saturated rings. The molecule has 2 unspecified atom stereocenters. The lowest BCUT2D eigenvalue weighted by Crippen LogP contribution is -2.24. The molecular formula is C24H31FO5S. The molecule has 0 spiro atoms. The summed E-state index contributed by atoms with van der Waals surface area (Å²) in [6, 6.07) is 9.41. The standard InChI is InChI=1S/C24H31FO5S/c1-15-8-16(2)21(22(9-15)18-4-5-23(25)17(3)10-18)6-7-31-14-19(27)11-24(29)30-13-20(28)12-26/h4-5,8-10,19-20,26-28H,6-7,11-14H2,1-3H3. The van der Waals surface area contributed by atoms with Crippen molar-refractivity contribution in [1.29, 1.82) is 0 Å². The molecular weight excluding hydrogens is 419 g/mol. The highest BCUT2D eigenvalue weighted by atomic mass is 32.2. The third kappa shape index (κ3) is 7.92. The first kappa shape index (κ1) is 25.3. The van der Waals surface area contributed by atoms with Crippen LogP contribution in [0.3, 0.4) is 0 Å². The van der Waals surface area contributed by atoms with E-state index in [4.69, 9.17) is 9.84 Å². The molecule has 0 saturated heterocycles. The molecule has 0 bridgehead atoms. The number of ether oxygens (including phenoxy) is 1. The first-order valence-corrected chi connectivity index (χ1v) is 11.4. The third-order valence-electron chi connectivity index (χ3n) is 4.94.